The van der Waals surface area contributed by atoms with Crippen molar-refractivity contribution in [3.05, 3.63) is 0 Å². The molecule has 0 saturated carbocycles. The van der Waals surface area contributed by atoms with Crippen molar-refractivity contribution in [3.63, 3.8) is 0 Å². The van der Waals surface area contributed by atoms with Crippen LogP contribution in [0.5, 0.6) is 0 Å². The van der Waals surface area contributed by atoms with Gasteiger partial charge in [-0.2, -0.15) is 0 Å². The van der Waals surface area contributed by atoms with E-state index < -0.39 is 5.97 Å². The number of nitrogens with zero attached hydrogens (tertiary/aromatic N) is 1. The largest absolute Gasteiger partial charge is 0.481 e. The number of carboxylic acids is 1. The average molecular weight is 269 g/mol. The maximum atomic E-state index is 12.5. The van der Waals surface area contributed by atoms with E-state index in [2.05, 4.69) is 20.8 Å². The van der Waals surface area contributed by atoms with Crippen LogP contribution in [-0.2, 0) is 9.59 Å². The normalized spacial score (nSPS) is 18.6. The summed E-state index contributed by atoms with van der Waals surface area (Å²) in [6.07, 6.45) is 3.88. The lowest BCUT2D eigenvalue weighted by atomic mass is 9.88. The van der Waals surface area contributed by atoms with Gasteiger partial charge >= 0.3 is 5.97 Å². The molecule has 1 amide bonds. The number of hydrogen-bond acceptors (Lipinski definition) is 2. The summed E-state index contributed by atoms with van der Waals surface area (Å²) in [4.78, 5) is 25.1. The first-order valence-corrected chi connectivity index (χ1v) is 7.46. The van der Waals surface area contributed by atoms with E-state index in [1.165, 1.54) is 0 Å². The lowest BCUT2D eigenvalue weighted by Gasteiger charge is -2.34. The minimum absolute atomic E-state index is 0.126. The fourth-order valence-corrected chi connectivity index (χ4v) is 2.89. The molecule has 1 fully saturated rings. The molecule has 0 spiro atoms. The molecule has 1 aliphatic heterocycles. The van der Waals surface area contributed by atoms with Crippen molar-refractivity contribution in [1.82, 2.24) is 4.90 Å². The molecular weight excluding hydrogens is 242 g/mol. The van der Waals surface area contributed by atoms with Crippen LogP contribution in [-0.4, -0.2) is 35.0 Å². The lowest BCUT2D eigenvalue weighted by molar-refractivity contribution is -0.140. The SMILES string of the molecule is CCCC(C(=O)N1CCC(CC(=O)O)CC1)C(C)C. The predicted octanol–water partition coefficient (Wildman–Crippen LogP) is 2.77. The molecule has 4 nitrogen and oxygen atoms in total. The summed E-state index contributed by atoms with van der Waals surface area (Å²) in [5.41, 5.74) is 0. The number of amides is 1. The number of piperidine rings is 1. The Hall–Kier alpha value is -1.06. The first-order valence-electron chi connectivity index (χ1n) is 7.46. The first kappa shape index (κ1) is 16.0. The van der Waals surface area contributed by atoms with E-state index in [-0.39, 0.29) is 24.2 Å². The highest BCUT2D eigenvalue weighted by Gasteiger charge is 2.29. The molecule has 4 heteroatoms. The minimum Gasteiger partial charge on any atom is -0.481 e. The van der Waals surface area contributed by atoms with Gasteiger partial charge in [-0.25, -0.2) is 0 Å². The lowest BCUT2D eigenvalue weighted by Crippen LogP contribution is -2.43. The maximum absolute atomic E-state index is 12.5. The summed E-state index contributed by atoms with van der Waals surface area (Å²) in [6.45, 7) is 7.78. The summed E-state index contributed by atoms with van der Waals surface area (Å²) in [5.74, 6) is 0.289. The molecule has 1 aliphatic rings. The summed E-state index contributed by atoms with van der Waals surface area (Å²) in [7, 11) is 0. The summed E-state index contributed by atoms with van der Waals surface area (Å²) >= 11 is 0. The first-order chi connectivity index (χ1) is 8.95. The van der Waals surface area contributed by atoms with Crippen molar-refractivity contribution in [3.8, 4) is 0 Å². The van der Waals surface area contributed by atoms with Gasteiger partial charge in [-0.15, -0.1) is 0 Å². The second-order valence-electron chi connectivity index (χ2n) is 6.01. The zero-order valence-corrected chi connectivity index (χ0v) is 12.4. The Balaban J connectivity index is 2.49. The Kier molecular flexibility index (Phi) is 6.32. The third kappa shape index (κ3) is 4.84. The van der Waals surface area contributed by atoms with Gasteiger partial charge in [-0.05, 0) is 31.1 Å². The monoisotopic (exact) mass is 269 g/mol. The topological polar surface area (TPSA) is 57.6 Å². The standard InChI is InChI=1S/C15H27NO3/c1-4-5-13(11(2)3)15(19)16-8-6-12(7-9-16)10-14(17)18/h11-13H,4-10H2,1-3H3,(H,17,18). The van der Waals surface area contributed by atoms with Crippen molar-refractivity contribution < 1.29 is 14.7 Å². The molecule has 0 aromatic carbocycles. The van der Waals surface area contributed by atoms with Gasteiger partial charge in [0.25, 0.3) is 0 Å². The van der Waals surface area contributed by atoms with E-state index in [1.54, 1.807) is 0 Å². The molecule has 0 bridgehead atoms. The molecule has 0 aromatic heterocycles. The highest BCUT2D eigenvalue weighted by Crippen LogP contribution is 2.25. The molecule has 1 saturated heterocycles. The minimum atomic E-state index is -0.726. The third-order valence-electron chi connectivity index (χ3n) is 4.11. The third-order valence-corrected chi connectivity index (χ3v) is 4.11. The summed E-state index contributed by atoms with van der Waals surface area (Å²) < 4.78 is 0. The van der Waals surface area contributed by atoms with Gasteiger partial charge in [0.05, 0.1) is 0 Å². The van der Waals surface area contributed by atoms with Crippen LogP contribution >= 0.6 is 0 Å². The number of rotatable bonds is 6. The van der Waals surface area contributed by atoms with Gasteiger partial charge in [0.2, 0.25) is 5.91 Å². The van der Waals surface area contributed by atoms with Crippen molar-refractivity contribution >= 4 is 11.9 Å². The predicted molar refractivity (Wildman–Crippen MR) is 74.8 cm³/mol. The summed E-state index contributed by atoms with van der Waals surface area (Å²) in [5, 5.41) is 8.79. The van der Waals surface area contributed by atoms with E-state index in [0.29, 0.717) is 5.92 Å². The number of aliphatic carboxylic acids is 1. The Morgan fingerprint density at radius 2 is 1.84 bits per heavy atom. The van der Waals surface area contributed by atoms with Crippen molar-refractivity contribution in [2.45, 2.75) is 52.9 Å². The van der Waals surface area contributed by atoms with E-state index in [0.717, 1.165) is 38.8 Å². The molecule has 0 aromatic rings. The fraction of sp³-hybridized carbons (Fsp3) is 0.867. The van der Waals surface area contributed by atoms with E-state index in [1.807, 2.05) is 4.90 Å². The van der Waals surface area contributed by atoms with Crippen LogP contribution in [0.2, 0.25) is 0 Å². The summed E-state index contributed by atoms with van der Waals surface area (Å²) in [6, 6.07) is 0. The van der Waals surface area contributed by atoms with Crippen LogP contribution in [0.1, 0.15) is 52.9 Å². The second kappa shape index (κ2) is 7.51. The second-order valence-corrected chi connectivity index (χ2v) is 6.01. The molecule has 1 heterocycles. The number of carbonyl (C=O) groups is 2. The highest BCUT2D eigenvalue weighted by molar-refractivity contribution is 5.79. The van der Waals surface area contributed by atoms with E-state index in [4.69, 9.17) is 5.11 Å². The fourth-order valence-electron chi connectivity index (χ4n) is 2.89. The van der Waals surface area contributed by atoms with Crippen LogP contribution in [0.3, 0.4) is 0 Å². The maximum Gasteiger partial charge on any atom is 0.303 e. The van der Waals surface area contributed by atoms with Gasteiger partial charge in [-0.3, -0.25) is 9.59 Å². The van der Waals surface area contributed by atoms with Gasteiger partial charge in [-0.1, -0.05) is 27.2 Å². The van der Waals surface area contributed by atoms with Crippen molar-refractivity contribution in [1.29, 1.82) is 0 Å². The van der Waals surface area contributed by atoms with Crippen LogP contribution in [0.4, 0.5) is 0 Å². The Labute approximate surface area is 116 Å². The molecule has 1 unspecified atom stereocenters. The van der Waals surface area contributed by atoms with Crippen molar-refractivity contribution in [2.75, 3.05) is 13.1 Å². The molecule has 19 heavy (non-hydrogen) atoms. The molecule has 1 atom stereocenters. The number of hydrogen-bond donors (Lipinski definition) is 1. The Bertz CT molecular complexity index is 307. The van der Waals surface area contributed by atoms with Crippen LogP contribution in [0.15, 0.2) is 0 Å². The number of carbonyl (C=O) groups excluding carboxylic acids is 1. The Morgan fingerprint density at radius 1 is 1.26 bits per heavy atom. The smallest absolute Gasteiger partial charge is 0.303 e. The van der Waals surface area contributed by atoms with Gasteiger partial charge in [0, 0.05) is 25.4 Å². The van der Waals surface area contributed by atoms with Crippen LogP contribution in [0.25, 0.3) is 0 Å². The van der Waals surface area contributed by atoms with E-state index >= 15 is 0 Å². The van der Waals surface area contributed by atoms with Gasteiger partial charge < -0.3 is 10.0 Å². The molecule has 110 valence electrons. The zero-order valence-electron chi connectivity index (χ0n) is 12.4. The molecule has 0 aliphatic carbocycles. The highest BCUT2D eigenvalue weighted by atomic mass is 16.4. The number of likely N-dealkylation sites (tertiary alicyclic amines) is 1. The molecule has 1 N–H and O–H groups in total. The van der Waals surface area contributed by atoms with Gasteiger partial charge in [0.15, 0.2) is 0 Å². The molecule has 0 radical (unpaired) electrons. The van der Waals surface area contributed by atoms with Crippen LogP contribution < -0.4 is 0 Å². The van der Waals surface area contributed by atoms with Crippen LogP contribution in [0, 0.1) is 17.8 Å². The quantitative estimate of drug-likeness (QED) is 0.806. The average Bonchev–Trinajstić information content (AvgIpc) is 2.35. The van der Waals surface area contributed by atoms with E-state index in [9.17, 15) is 9.59 Å². The zero-order chi connectivity index (χ0) is 14.4. The van der Waals surface area contributed by atoms with Crippen molar-refractivity contribution in [2.24, 2.45) is 17.8 Å². The van der Waals surface area contributed by atoms with Gasteiger partial charge in [0.1, 0.15) is 0 Å². The number of carboxylic acid groups (broad SMARTS) is 1. The Morgan fingerprint density at radius 3 is 2.26 bits per heavy atom. The molecule has 1 rings (SSSR count). The molecular formula is C15H27NO3.